The monoisotopic (exact) mass is 504 g/mol. The van der Waals surface area contributed by atoms with E-state index in [0.29, 0.717) is 16.4 Å². The third kappa shape index (κ3) is 3.99. The summed E-state index contributed by atoms with van der Waals surface area (Å²) in [7, 11) is 0. The van der Waals surface area contributed by atoms with Gasteiger partial charge >= 0.3 is 0 Å². The summed E-state index contributed by atoms with van der Waals surface area (Å²) >= 11 is 5.98. The van der Waals surface area contributed by atoms with Gasteiger partial charge in [0.15, 0.2) is 5.65 Å². The SMILES string of the molecule is Cc1cc(NC(=O)c2cccc([N+](=O)[O-])c2C)n(-c2nc3c(cnn3-c3ccc(Cl)cc3)c(=O)[nH]2)n1. The standard InChI is InChI=1S/C23H17ClN8O4/c1-12-10-19(26-21(33)16-4-3-5-18(13(16)2)32(35)36)31(29-12)23-27-20-17(22(34)28-23)11-25-30(20)15-8-6-14(24)7-9-15/h3-11H,1-2H3,(H,26,33)(H,27,28,34). The Morgan fingerprint density at radius 2 is 1.89 bits per heavy atom. The molecule has 0 unspecified atom stereocenters. The molecule has 5 rings (SSSR count). The number of nitrogens with zero attached hydrogens (tertiary/aromatic N) is 6. The van der Waals surface area contributed by atoms with Crippen LogP contribution in [-0.4, -0.2) is 40.4 Å². The van der Waals surface area contributed by atoms with Crippen LogP contribution in [0.1, 0.15) is 21.6 Å². The molecule has 2 aromatic carbocycles. The first-order chi connectivity index (χ1) is 17.2. The highest BCUT2D eigenvalue weighted by atomic mass is 35.5. The molecule has 0 aliphatic rings. The van der Waals surface area contributed by atoms with Crippen molar-refractivity contribution in [3.63, 3.8) is 0 Å². The molecule has 2 N–H and O–H groups in total. The summed E-state index contributed by atoms with van der Waals surface area (Å²) in [5.41, 5.74) is 1.19. The van der Waals surface area contributed by atoms with E-state index in [1.165, 1.54) is 40.7 Å². The van der Waals surface area contributed by atoms with Gasteiger partial charge in [-0.25, -0.2) is 4.68 Å². The number of aromatic amines is 1. The van der Waals surface area contributed by atoms with Crippen LogP contribution in [0.3, 0.4) is 0 Å². The summed E-state index contributed by atoms with van der Waals surface area (Å²) in [6.45, 7) is 3.21. The van der Waals surface area contributed by atoms with Crippen LogP contribution in [-0.2, 0) is 0 Å². The lowest BCUT2D eigenvalue weighted by Crippen LogP contribution is -2.19. The van der Waals surface area contributed by atoms with E-state index in [-0.39, 0.29) is 39.6 Å². The Balaban J connectivity index is 1.57. The lowest BCUT2D eigenvalue weighted by Gasteiger charge is -2.10. The van der Waals surface area contributed by atoms with Crippen LogP contribution in [0, 0.1) is 24.0 Å². The van der Waals surface area contributed by atoms with Gasteiger partial charge in [-0.15, -0.1) is 0 Å². The zero-order chi connectivity index (χ0) is 25.6. The average molecular weight is 505 g/mol. The molecular weight excluding hydrogens is 488 g/mol. The second-order valence-electron chi connectivity index (χ2n) is 7.90. The van der Waals surface area contributed by atoms with E-state index in [1.54, 1.807) is 37.3 Å². The molecule has 3 aromatic heterocycles. The molecule has 180 valence electrons. The molecule has 0 radical (unpaired) electrons. The highest BCUT2D eigenvalue weighted by Gasteiger charge is 2.21. The minimum atomic E-state index is -0.577. The summed E-state index contributed by atoms with van der Waals surface area (Å²) < 4.78 is 2.77. The number of fused-ring (bicyclic) bond motifs is 1. The van der Waals surface area contributed by atoms with E-state index in [9.17, 15) is 19.7 Å². The second-order valence-corrected chi connectivity index (χ2v) is 8.34. The van der Waals surface area contributed by atoms with Crippen LogP contribution >= 0.6 is 11.6 Å². The molecule has 5 aromatic rings. The van der Waals surface area contributed by atoms with Crippen LogP contribution in [0.4, 0.5) is 11.5 Å². The van der Waals surface area contributed by atoms with Gasteiger partial charge in [-0.1, -0.05) is 17.7 Å². The number of carbonyl (C=O) groups excluding carboxylic acids is 1. The van der Waals surface area contributed by atoms with Gasteiger partial charge < -0.3 is 5.32 Å². The third-order valence-corrected chi connectivity index (χ3v) is 5.77. The van der Waals surface area contributed by atoms with Crippen molar-refractivity contribution in [3.8, 4) is 11.6 Å². The van der Waals surface area contributed by atoms with E-state index >= 15 is 0 Å². The predicted molar refractivity (Wildman–Crippen MR) is 132 cm³/mol. The number of halogens is 1. The highest BCUT2D eigenvalue weighted by molar-refractivity contribution is 6.30. The molecule has 13 heteroatoms. The van der Waals surface area contributed by atoms with E-state index < -0.39 is 16.4 Å². The Hall–Kier alpha value is -4.84. The number of H-pyrrole nitrogens is 1. The number of aromatic nitrogens is 6. The van der Waals surface area contributed by atoms with Gasteiger partial charge in [0.2, 0.25) is 5.95 Å². The van der Waals surface area contributed by atoms with Crippen molar-refractivity contribution in [1.29, 1.82) is 0 Å². The average Bonchev–Trinajstić information content (AvgIpc) is 3.43. The number of rotatable bonds is 5. The molecule has 0 fully saturated rings. The Kier molecular flexibility index (Phi) is 5.57. The molecule has 0 bridgehead atoms. The number of hydrogen-bond acceptors (Lipinski definition) is 7. The van der Waals surface area contributed by atoms with Crippen LogP contribution < -0.4 is 10.9 Å². The maximum absolute atomic E-state index is 13.0. The molecule has 0 atom stereocenters. The Morgan fingerprint density at radius 1 is 1.14 bits per heavy atom. The Morgan fingerprint density at radius 3 is 2.61 bits per heavy atom. The number of carbonyl (C=O) groups is 1. The first-order valence-electron chi connectivity index (χ1n) is 10.6. The number of amides is 1. The van der Waals surface area contributed by atoms with Crippen LogP contribution in [0.25, 0.3) is 22.7 Å². The molecule has 36 heavy (non-hydrogen) atoms. The molecule has 0 spiro atoms. The second kappa shape index (κ2) is 8.74. The fraction of sp³-hybridized carbons (Fsp3) is 0.0870. The molecule has 0 aliphatic carbocycles. The van der Waals surface area contributed by atoms with E-state index in [1.807, 2.05) is 0 Å². The molecular formula is C23H17ClN8O4. The molecule has 12 nitrogen and oxygen atoms in total. The van der Waals surface area contributed by atoms with Gasteiger partial charge in [0, 0.05) is 28.3 Å². The minimum absolute atomic E-state index is 0.0439. The molecule has 3 heterocycles. The van der Waals surface area contributed by atoms with Gasteiger partial charge in [0.05, 0.1) is 22.5 Å². The summed E-state index contributed by atoms with van der Waals surface area (Å²) in [6, 6.07) is 12.7. The van der Waals surface area contributed by atoms with Crippen molar-refractivity contribution in [2.24, 2.45) is 0 Å². The lowest BCUT2D eigenvalue weighted by atomic mass is 10.1. The summed E-state index contributed by atoms with van der Waals surface area (Å²) in [5, 5.41) is 23.4. The first kappa shape index (κ1) is 22.9. The third-order valence-electron chi connectivity index (χ3n) is 5.52. The van der Waals surface area contributed by atoms with Crippen molar-refractivity contribution in [1.82, 2.24) is 29.5 Å². The number of aryl methyl sites for hydroxylation is 1. The van der Waals surface area contributed by atoms with Gasteiger partial charge in [0.1, 0.15) is 11.2 Å². The Labute approximate surface area is 207 Å². The number of anilines is 1. The number of nitro groups is 1. The largest absolute Gasteiger partial charge is 0.306 e. The zero-order valence-corrected chi connectivity index (χ0v) is 19.6. The maximum Gasteiger partial charge on any atom is 0.273 e. The number of nitrogens with one attached hydrogen (secondary N) is 2. The first-order valence-corrected chi connectivity index (χ1v) is 11.0. The number of nitro benzene ring substituents is 1. The van der Waals surface area contributed by atoms with Gasteiger partial charge in [-0.05, 0) is 44.2 Å². The highest BCUT2D eigenvalue weighted by Crippen LogP contribution is 2.23. The summed E-state index contributed by atoms with van der Waals surface area (Å²) in [5.74, 6) is -0.321. The van der Waals surface area contributed by atoms with Crippen molar-refractivity contribution in [3.05, 3.63) is 97.0 Å². The normalized spacial score (nSPS) is 11.1. The number of hydrogen-bond donors (Lipinski definition) is 2. The van der Waals surface area contributed by atoms with E-state index in [2.05, 4.69) is 25.5 Å². The van der Waals surface area contributed by atoms with Gasteiger partial charge in [0.25, 0.3) is 17.2 Å². The van der Waals surface area contributed by atoms with Crippen LogP contribution in [0.15, 0.2) is 59.5 Å². The smallest absolute Gasteiger partial charge is 0.273 e. The van der Waals surface area contributed by atoms with Crippen molar-refractivity contribution < 1.29 is 9.72 Å². The summed E-state index contributed by atoms with van der Waals surface area (Å²) in [4.78, 5) is 43.8. The quantitative estimate of drug-likeness (QED) is 0.273. The van der Waals surface area contributed by atoms with Crippen molar-refractivity contribution in [2.45, 2.75) is 13.8 Å². The predicted octanol–water partition coefficient (Wildman–Crippen LogP) is 3.73. The van der Waals surface area contributed by atoms with Gasteiger partial charge in [-0.2, -0.15) is 19.9 Å². The lowest BCUT2D eigenvalue weighted by molar-refractivity contribution is -0.385. The number of benzene rings is 2. The molecule has 0 saturated carbocycles. The molecule has 1 amide bonds. The fourth-order valence-corrected chi connectivity index (χ4v) is 3.91. The van der Waals surface area contributed by atoms with Gasteiger partial charge in [-0.3, -0.25) is 24.7 Å². The maximum atomic E-state index is 13.0. The van der Waals surface area contributed by atoms with Crippen LogP contribution in [0.2, 0.25) is 5.02 Å². The Bertz CT molecular complexity index is 1720. The summed E-state index contributed by atoms with van der Waals surface area (Å²) in [6.07, 6.45) is 1.40. The molecule has 0 saturated heterocycles. The van der Waals surface area contributed by atoms with Crippen molar-refractivity contribution in [2.75, 3.05) is 5.32 Å². The van der Waals surface area contributed by atoms with Crippen LogP contribution in [0.5, 0.6) is 0 Å². The van der Waals surface area contributed by atoms with Crippen molar-refractivity contribution >= 4 is 40.0 Å². The van der Waals surface area contributed by atoms with E-state index in [4.69, 9.17) is 11.6 Å². The molecule has 0 aliphatic heterocycles. The zero-order valence-electron chi connectivity index (χ0n) is 18.9. The minimum Gasteiger partial charge on any atom is -0.306 e. The fourth-order valence-electron chi connectivity index (χ4n) is 3.78. The topological polar surface area (TPSA) is 154 Å². The van der Waals surface area contributed by atoms with E-state index in [0.717, 1.165) is 0 Å².